The Hall–Kier alpha value is -1.46. The fourth-order valence-corrected chi connectivity index (χ4v) is 2.32. The van der Waals surface area contributed by atoms with Crippen LogP contribution < -0.4 is 5.32 Å². The van der Waals surface area contributed by atoms with Crippen molar-refractivity contribution >= 4 is 15.9 Å². The summed E-state index contributed by atoms with van der Waals surface area (Å²) in [4.78, 5) is 0. The van der Waals surface area contributed by atoms with Crippen molar-refractivity contribution in [3.8, 4) is 5.75 Å². The van der Waals surface area contributed by atoms with Crippen molar-refractivity contribution in [3.63, 3.8) is 0 Å². The monoisotopic (exact) mass is 341 g/mol. The van der Waals surface area contributed by atoms with Crippen LogP contribution in [-0.2, 0) is 13.0 Å². The first-order valence-electron chi connectivity index (χ1n) is 6.18. The number of halogens is 3. The van der Waals surface area contributed by atoms with E-state index in [1.54, 1.807) is 6.07 Å². The number of phenolic OH excluding ortho intramolecular Hbond substituents is 1. The summed E-state index contributed by atoms with van der Waals surface area (Å²) < 4.78 is 26.6. The normalized spacial score (nSPS) is 10.8. The highest BCUT2D eigenvalue weighted by molar-refractivity contribution is 9.10. The Kier molecular flexibility index (Phi) is 5.09. The number of phenols is 1. The molecule has 0 aliphatic carbocycles. The molecule has 0 saturated carbocycles. The Balaban J connectivity index is 1.86. The van der Waals surface area contributed by atoms with Crippen LogP contribution in [0.4, 0.5) is 8.78 Å². The highest BCUT2D eigenvalue weighted by Gasteiger charge is 2.04. The summed E-state index contributed by atoms with van der Waals surface area (Å²) in [7, 11) is 0. The van der Waals surface area contributed by atoms with Crippen molar-refractivity contribution in [1.29, 1.82) is 0 Å². The average molecular weight is 342 g/mol. The number of rotatable bonds is 5. The second-order valence-corrected chi connectivity index (χ2v) is 5.31. The van der Waals surface area contributed by atoms with Crippen LogP contribution in [0.2, 0.25) is 0 Å². The highest BCUT2D eigenvalue weighted by atomic mass is 79.9. The molecule has 0 fully saturated rings. The molecule has 0 unspecified atom stereocenters. The molecule has 2 N–H and O–H groups in total. The van der Waals surface area contributed by atoms with E-state index in [4.69, 9.17) is 0 Å². The molecule has 0 aliphatic rings. The molecule has 0 atom stereocenters. The first-order valence-corrected chi connectivity index (χ1v) is 6.97. The number of aromatic hydroxyl groups is 1. The van der Waals surface area contributed by atoms with Crippen LogP contribution in [0.1, 0.15) is 11.1 Å². The summed E-state index contributed by atoms with van der Waals surface area (Å²) in [5.74, 6) is -0.925. The van der Waals surface area contributed by atoms with Gasteiger partial charge in [0.25, 0.3) is 0 Å². The maximum atomic E-state index is 13.0. The van der Waals surface area contributed by atoms with Crippen LogP contribution in [0.25, 0.3) is 0 Å². The molecule has 20 heavy (non-hydrogen) atoms. The van der Waals surface area contributed by atoms with Gasteiger partial charge >= 0.3 is 0 Å². The molecule has 106 valence electrons. The van der Waals surface area contributed by atoms with Crippen LogP contribution in [-0.4, -0.2) is 11.7 Å². The Labute approximate surface area is 124 Å². The van der Waals surface area contributed by atoms with Crippen LogP contribution in [0.3, 0.4) is 0 Å². The van der Waals surface area contributed by atoms with Gasteiger partial charge in [-0.3, -0.25) is 0 Å². The van der Waals surface area contributed by atoms with Crippen molar-refractivity contribution in [1.82, 2.24) is 5.32 Å². The van der Waals surface area contributed by atoms with Gasteiger partial charge in [-0.1, -0.05) is 12.1 Å². The lowest BCUT2D eigenvalue weighted by atomic mass is 10.1. The number of para-hydroxylation sites is 1. The molecule has 2 nitrogen and oxygen atoms in total. The zero-order chi connectivity index (χ0) is 14.5. The van der Waals surface area contributed by atoms with Crippen molar-refractivity contribution < 1.29 is 13.9 Å². The van der Waals surface area contributed by atoms with Gasteiger partial charge in [0.2, 0.25) is 0 Å². The predicted molar refractivity (Wildman–Crippen MR) is 77.6 cm³/mol. The van der Waals surface area contributed by atoms with Crippen molar-refractivity contribution in [3.05, 3.63) is 63.6 Å². The molecule has 2 aromatic carbocycles. The Bertz CT molecular complexity index is 584. The standard InChI is InChI=1S/C15H14BrF2NO/c16-14-3-1-2-11(15(14)20)9-19-5-4-10-6-12(17)8-13(18)7-10/h1-3,6-8,19-20H,4-5,9H2. The topological polar surface area (TPSA) is 32.3 Å². The second kappa shape index (κ2) is 6.81. The molecule has 2 rings (SSSR count). The second-order valence-electron chi connectivity index (χ2n) is 4.45. The van der Waals surface area contributed by atoms with Gasteiger partial charge in [-0.15, -0.1) is 0 Å². The SMILES string of the molecule is Oc1c(Br)cccc1CNCCc1cc(F)cc(F)c1. The summed E-state index contributed by atoms with van der Waals surface area (Å²) in [6, 6.07) is 8.91. The Morgan fingerprint density at radius 1 is 1.10 bits per heavy atom. The van der Waals surface area contributed by atoms with E-state index in [-0.39, 0.29) is 5.75 Å². The van der Waals surface area contributed by atoms with Gasteiger partial charge in [0, 0.05) is 18.2 Å². The van der Waals surface area contributed by atoms with Gasteiger partial charge in [0.1, 0.15) is 17.4 Å². The minimum absolute atomic E-state index is 0.205. The van der Waals surface area contributed by atoms with Gasteiger partial charge < -0.3 is 10.4 Å². The van der Waals surface area contributed by atoms with Crippen molar-refractivity contribution in [2.24, 2.45) is 0 Å². The van der Waals surface area contributed by atoms with Crippen molar-refractivity contribution in [2.75, 3.05) is 6.54 Å². The van der Waals surface area contributed by atoms with Gasteiger partial charge in [0.05, 0.1) is 4.47 Å². The summed E-state index contributed by atoms with van der Waals surface area (Å²) >= 11 is 3.25. The predicted octanol–water partition coefficient (Wildman–Crippen LogP) is 3.77. The van der Waals surface area contributed by atoms with Crippen LogP contribution in [0.5, 0.6) is 5.75 Å². The highest BCUT2D eigenvalue weighted by Crippen LogP contribution is 2.27. The van der Waals surface area contributed by atoms with Crippen LogP contribution in [0.15, 0.2) is 40.9 Å². The Morgan fingerprint density at radius 3 is 2.50 bits per heavy atom. The first kappa shape index (κ1) is 14.9. The first-order chi connectivity index (χ1) is 9.56. The maximum absolute atomic E-state index is 13.0. The molecule has 0 amide bonds. The lowest BCUT2D eigenvalue weighted by Crippen LogP contribution is -2.17. The van der Waals surface area contributed by atoms with E-state index in [1.165, 1.54) is 12.1 Å². The van der Waals surface area contributed by atoms with Crippen LogP contribution in [0, 0.1) is 11.6 Å². The minimum atomic E-state index is -0.565. The summed E-state index contributed by atoms with van der Waals surface area (Å²) in [6.07, 6.45) is 0.517. The fourth-order valence-electron chi connectivity index (χ4n) is 1.91. The van der Waals surface area contributed by atoms with E-state index < -0.39 is 11.6 Å². The third kappa shape index (κ3) is 4.02. The molecule has 0 bridgehead atoms. The van der Waals surface area contributed by atoms with Crippen LogP contribution >= 0.6 is 15.9 Å². The molecule has 0 aromatic heterocycles. The number of nitrogens with one attached hydrogen (secondary N) is 1. The van der Waals surface area contributed by atoms with Crippen molar-refractivity contribution in [2.45, 2.75) is 13.0 Å². The molecule has 0 saturated heterocycles. The molecule has 5 heteroatoms. The lowest BCUT2D eigenvalue weighted by molar-refractivity contribution is 0.461. The van der Waals surface area contributed by atoms with Gasteiger partial charge in [-0.25, -0.2) is 8.78 Å². The number of hydrogen-bond acceptors (Lipinski definition) is 2. The molecule has 0 heterocycles. The van der Waals surface area contributed by atoms with E-state index in [0.29, 0.717) is 29.5 Å². The number of hydrogen-bond donors (Lipinski definition) is 2. The minimum Gasteiger partial charge on any atom is -0.506 e. The van der Waals surface area contributed by atoms with E-state index in [2.05, 4.69) is 21.2 Å². The molecule has 0 radical (unpaired) electrons. The average Bonchev–Trinajstić information content (AvgIpc) is 2.38. The van der Waals surface area contributed by atoms with Gasteiger partial charge in [-0.2, -0.15) is 0 Å². The third-order valence-electron chi connectivity index (χ3n) is 2.90. The zero-order valence-corrected chi connectivity index (χ0v) is 12.3. The van der Waals surface area contributed by atoms with E-state index in [1.807, 2.05) is 12.1 Å². The zero-order valence-electron chi connectivity index (χ0n) is 10.7. The van der Waals surface area contributed by atoms with Gasteiger partial charge in [-0.05, 0) is 52.7 Å². The largest absolute Gasteiger partial charge is 0.506 e. The molecule has 0 aliphatic heterocycles. The van der Waals surface area contributed by atoms with E-state index >= 15 is 0 Å². The van der Waals surface area contributed by atoms with Gasteiger partial charge in [0.15, 0.2) is 0 Å². The summed E-state index contributed by atoms with van der Waals surface area (Å²) in [5.41, 5.74) is 1.37. The smallest absolute Gasteiger partial charge is 0.134 e. The third-order valence-corrected chi connectivity index (χ3v) is 3.54. The molecule has 2 aromatic rings. The Morgan fingerprint density at radius 2 is 1.80 bits per heavy atom. The fraction of sp³-hybridized carbons (Fsp3) is 0.200. The lowest BCUT2D eigenvalue weighted by Gasteiger charge is -2.08. The molecular weight excluding hydrogens is 328 g/mol. The summed E-state index contributed by atoms with van der Waals surface area (Å²) in [6.45, 7) is 1.05. The van der Waals surface area contributed by atoms with E-state index in [0.717, 1.165) is 11.6 Å². The van der Waals surface area contributed by atoms with E-state index in [9.17, 15) is 13.9 Å². The number of benzene rings is 2. The molecular formula is C15H14BrF2NO. The quantitative estimate of drug-likeness (QED) is 0.811. The maximum Gasteiger partial charge on any atom is 0.134 e. The summed E-state index contributed by atoms with van der Waals surface area (Å²) in [5, 5.41) is 12.9. The molecule has 0 spiro atoms.